The lowest BCUT2D eigenvalue weighted by Crippen LogP contribution is -2.34. The van der Waals surface area contributed by atoms with E-state index in [1.54, 1.807) is 18.4 Å². The van der Waals surface area contributed by atoms with Gasteiger partial charge in [0.2, 0.25) is 0 Å². The SMILES string of the molecule is CCc1cc2c(cc1C(=O)/C=C\c1ccco1)C(C)(C)CCC2(C)C. The van der Waals surface area contributed by atoms with E-state index in [1.165, 1.54) is 17.5 Å². The number of aryl methyl sites for hydroxylation is 1. The Labute approximate surface area is 150 Å². The van der Waals surface area contributed by atoms with Crippen LogP contribution in [0.1, 0.15) is 80.3 Å². The summed E-state index contributed by atoms with van der Waals surface area (Å²) in [4.78, 5) is 12.8. The van der Waals surface area contributed by atoms with Crippen LogP contribution in [-0.2, 0) is 17.3 Å². The predicted octanol–water partition coefficient (Wildman–Crippen LogP) is 6.09. The Morgan fingerprint density at radius 1 is 1.12 bits per heavy atom. The van der Waals surface area contributed by atoms with E-state index in [-0.39, 0.29) is 16.6 Å². The molecule has 0 spiro atoms. The van der Waals surface area contributed by atoms with E-state index in [1.807, 2.05) is 12.1 Å². The molecule has 0 atom stereocenters. The van der Waals surface area contributed by atoms with Crippen LogP contribution in [0.15, 0.2) is 41.0 Å². The second-order valence-corrected chi connectivity index (χ2v) is 8.39. The van der Waals surface area contributed by atoms with Crippen LogP contribution >= 0.6 is 0 Å². The Kier molecular flexibility index (Phi) is 4.49. The van der Waals surface area contributed by atoms with Crippen molar-refractivity contribution < 1.29 is 9.21 Å². The molecule has 0 aliphatic heterocycles. The zero-order valence-electron chi connectivity index (χ0n) is 16.0. The number of ketones is 1. The number of allylic oxidation sites excluding steroid dienone is 1. The van der Waals surface area contributed by atoms with Gasteiger partial charge in [0.05, 0.1) is 6.26 Å². The molecule has 0 amide bonds. The molecule has 2 heteroatoms. The van der Waals surface area contributed by atoms with Crippen molar-refractivity contribution in [2.24, 2.45) is 0 Å². The Morgan fingerprint density at radius 2 is 1.76 bits per heavy atom. The Bertz CT molecular complexity index is 805. The number of hydrogen-bond acceptors (Lipinski definition) is 2. The molecule has 2 aromatic rings. The van der Waals surface area contributed by atoms with Gasteiger partial charge in [-0.1, -0.05) is 40.7 Å². The van der Waals surface area contributed by atoms with Crippen molar-refractivity contribution in [3.05, 3.63) is 64.6 Å². The highest BCUT2D eigenvalue weighted by Crippen LogP contribution is 2.46. The minimum atomic E-state index is 0.0511. The van der Waals surface area contributed by atoms with Crippen molar-refractivity contribution >= 4 is 11.9 Å². The monoisotopic (exact) mass is 336 g/mol. The fourth-order valence-corrected chi connectivity index (χ4v) is 3.81. The topological polar surface area (TPSA) is 30.2 Å². The minimum Gasteiger partial charge on any atom is -0.465 e. The molecule has 0 radical (unpaired) electrons. The summed E-state index contributed by atoms with van der Waals surface area (Å²) in [7, 11) is 0. The number of carbonyl (C=O) groups excluding carboxylic acids is 1. The molecule has 132 valence electrons. The van der Waals surface area contributed by atoms with Gasteiger partial charge in [-0.15, -0.1) is 0 Å². The molecule has 0 unspecified atom stereocenters. The summed E-state index contributed by atoms with van der Waals surface area (Å²) in [6.07, 6.45) is 8.18. The maximum absolute atomic E-state index is 12.8. The summed E-state index contributed by atoms with van der Waals surface area (Å²) in [6.45, 7) is 11.3. The predicted molar refractivity (Wildman–Crippen MR) is 103 cm³/mol. The molecule has 1 aliphatic carbocycles. The van der Waals surface area contributed by atoms with Gasteiger partial charge in [-0.3, -0.25) is 4.79 Å². The molecule has 0 saturated heterocycles. The zero-order valence-corrected chi connectivity index (χ0v) is 16.0. The van der Waals surface area contributed by atoms with Crippen molar-refractivity contribution in [3.8, 4) is 0 Å². The smallest absolute Gasteiger partial charge is 0.186 e. The van der Waals surface area contributed by atoms with Crippen LogP contribution in [0.3, 0.4) is 0 Å². The van der Waals surface area contributed by atoms with Crippen LogP contribution in [0.25, 0.3) is 6.08 Å². The van der Waals surface area contributed by atoms with Crippen molar-refractivity contribution in [2.75, 3.05) is 0 Å². The standard InChI is InChI=1S/C23H28O2/c1-6-16-14-19-20(23(4,5)12-11-22(19,2)3)15-18(16)21(24)10-9-17-8-7-13-25-17/h7-10,13-15H,6,11-12H2,1-5H3/b10-9-. The van der Waals surface area contributed by atoms with Crippen LogP contribution in [0.5, 0.6) is 0 Å². The molecule has 3 rings (SSSR count). The third kappa shape index (κ3) is 3.35. The summed E-state index contributed by atoms with van der Waals surface area (Å²) in [5.41, 5.74) is 4.98. The molecule has 0 saturated carbocycles. The number of furan rings is 1. The summed E-state index contributed by atoms with van der Waals surface area (Å²) in [6, 6.07) is 8.11. The molecule has 25 heavy (non-hydrogen) atoms. The summed E-state index contributed by atoms with van der Waals surface area (Å²) < 4.78 is 5.29. The van der Waals surface area contributed by atoms with E-state index in [4.69, 9.17) is 4.42 Å². The molecule has 0 fully saturated rings. The van der Waals surface area contributed by atoms with Crippen LogP contribution in [0, 0.1) is 0 Å². The molecule has 0 N–H and O–H groups in total. The maximum atomic E-state index is 12.8. The van der Waals surface area contributed by atoms with Gasteiger partial charge < -0.3 is 4.42 Å². The van der Waals surface area contributed by atoms with E-state index in [2.05, 4.69) is 46.8 Å². The van der Waals surface area contributed by atoms with E-state index < -0.39 is 0 Å². The Hall–Kier alpha value is -2.09. The molecule has 1 aromatic heterocycles. The third-order valence-corrected chi connectivity index (χ3v) is 5.67. The molecule has 0 bridgehead atoms. The van der Waals surface area contributed by atoms with Gasteiger partial charge in [-0.05, 0) is 77.1 Å². The van der Waals surface area contributed by atoms with Crippen molar-refractivity contribution in [1.29, 1.82) is 0 Å². The van der Waals surface area contributed by atoms with Crippen LogP contribution in [0.4, 0.5) is 0 Å². The lowest BCUT2D eigenvalue weighted by molar-refractivity contribution is 0.104. The summed E-state index contributed by atoms with van der Waals surface area (Å²) in [5, 5.41) is 0. The summed E-state index contributed by atoms with van der Waals surface area (Å²) >= 11 is 0. The molecule has 2 nitrogen and oxygen atoms in total. The maximum Gasteiger partial charge on any atom is 0.186 e. The largest absolute Gasteiger partial charge is 0.465 e. The number of fused-ring (bicyclic) bond motifs is 1. The highest BCUT2D eigenvalue weighted by atomic mass is 16.3. The normalized spacial score (nSPS) is 18.3. The average molecular weight is 336 g/mol. The van der Waals surface area contributed by atoms with Crippen LogP contribution in [0.2, 0.25) is 0 Å². The lowest BCUT2D eigenvalue weighted by Gasteiger charge is -2.42. The molecule has 1 aromatic carbocycles. The molecule has 1 aliphatic rings. The Balaban J connectivity index is 2.07. The lowest BCUT2D eigenvalue weighted by atomic mass is 9.62. The third-order valence-electron chi connectivity index (χ3n) is 5.67. The second-order valence-electron chi connectivity index (χ2n) is 8.39. The summed E-state index contributed by atoms with van der Waals surface area (Å²) in [5.74, 6) is 0.751. The van der Waals surface area contributed by atoms with Crippen molar-refractivity contribution in [1.82, 2.24) is 0 Å². The number of rotatable bonds is 4. The minimum absolute atomic E-state index is 0.0511. The van der Waals surface area contributed by atoms with E-state index in [0.29, 0.717) is 5.76 Å². The number of benzene rings is 1. The van der Waals surface area contributed by atoms with Gasteiger partial charge in [0.1, 0.15) is 5.76 Å². The molecule has 1 heterocycles. The highest BCUT2D eigenvalue weighted by Gasteiger charge is 2.37. The van der Waals surface area contributed by atoms with Gasteiger partial charge in [0, 0.05) is 5.56 Å². The van der Waals surface area contributed by atoms with Crippen LogP contribution < -0.4 is 0 Å². The second kappa shape index (κ2) is 6.33. The fourth-order valence-electron chi connectivity index (χ4n) is 3.81. The van der Waals surface area contributed by atoms with Crippen molar-refractivity contribution in [3.63, 3.8) is 0 Å². The molecular formula is C23H28O2. The van der Waals surface area contributed by atoms with Gasteiger partial charge in [0.25, 0.3) is 0 Å². The Morgan fingerprint density at radius 3 is 2.32 bits per heavy atom. The highest BCUT2D eigenvalue weighted by molar-refractivity contribution is 6.08. The van der Waals surface area contributed by atoms with E-state index in [0.717, 1.165) is 24.0 Å². The first-order chi connectivity index (χ1) is 11.7. The quantitative estimate of drug-likeness (QED) is 0.500. The first kappa shape index (κ1) is 17.7. The first-order valence-electron chi connectivity index (χ1n) is 9.18. The fraction of sp³-hybridized carbons (Fsp3) is 0.435. The number of carbonyl (C=O) groups is 1. The van der Waals surface area contributed by atoms with Gasteiger partial charge in [-0.2, -0.15) is 0 Å². The van der Waals surface area contributed by atoms with Gasteiger partial charge in [-0.25, -0.2) is 0 Å². The van der Waals surface area contributed by atoms with E-state index in [9.17, 15) is 4.79 Å². The average Bonchev–Trinajstić information content (AvgIpc) is 3.09. The van der Waals surface area contributed by atoms with E-state index >= 15 is 0 Å². The van der Waals surface area contributed by atoms with Gasteiger partial charge in [0.15, 0.2) is 5.78 Å². The van der Waals surface area contributed by atoms with Crippen molar-refractivity contribution in [2.45, 2.75) is 64.7 Å². The molecular weight excluding hydrogens is 308 g/mol. The first-order valence-corrected chi connectivity index (χ1v) is 9.18. The zero-order chi connectivity index (χ0) is 18.2. The van der Waals surface area contributed by atoms with Crippen LogP contribution in [-0.4, -0.2) is 5.78 Å². The number of hydrogen-bond donors (Lipinski definition) is 0. The van der Waals surface area contributed by atoms with Gasteiger partial charge >= 0.3 is 0 Å².